The minimum Gasteiger partial charge on any atom is -0.496 e. The number of amides is 1. The Morgan fingerprint density at radius 1 is 1.06 bits per heavy atom. The molecule has 1 aliphatic heterocycles. The summed E-state index contributed by atoms with van der Waals surface area (Å²) in [5.74, 6) is 0.796. The van der Waals surface area contributed by atoms with E-state index in [1.807, 2.05) is 49.4 Å². The summed E-state index contributed by atoms with van der Waals surface area (Å²) in [6, 6.07) is 19.0. The summed E-state index contributed by atoms with van der Waals surface area (Å²) in [7, 11) is 1.60. The zero-order valence-corrected chi connectivity index (χ0v) is 18.4. The van der Waals surface area contributed by atoms with Crippen LogP contribution in [0.5, 0.6) is 11.5 Å². The third-order valence-corrected chi connectivity index (χ3v) is 5.34. The molecule has 1 N–H and O–H groups in total. The minimum atomic E-state index is -0.381. The molecule has 0 atom stereocenters. The topological polar surface area (TPSA) is 50.8 Å². The molecule has 0 aliphatic carbocycles. The maximum absolute atomic E-state index is 13.2. The Kier molecular flexibility index (Phi) is 6.18. The first kappa shape index (κ1) is 21.5. The molecule has 1 fully saturated rings. The number of hydrogen-bond donors (Lipinski definition) is 1. The standard InChI is InChI=1S/C25H21FN2O3S/c1-16-5-3-4-6-22(16)31-15-18-13-17(7-12-23(18)30-2)14-21-24(29)28(25(32)27-21)20-10-8-19(26)9-11-20/h3-14H,15H2,1-2H3,(H,27,32)/b21-14+. The van der Waals surface area contributed by atoms with Gasteiger partial charge in [0.1, 0.15) is 29.6 Å². The van der Waals surface area contributed by atoms with Crippen molar-refractivity contribution in [3.63, 3.8) is 0 Å². The second-order valence-corrected chi connectivity index (χ2v) is 7.62. The average Bonchev–Trinajstić information content (AvgIpc) is 3.07. The van der Waals surface area contributed by atoms with Crippen LogP contribution in [0.15, 0.2) is 72.4 Å². The number of nitrogens with zero attached hydrogens (tertiary/aromatic N) is 1. The van der Waals surface area contributed by atoms with E-state index in [2.05, 4.69) is 5.32 Å². The highest BCUT2D eigenvalue weighted by atomic mass is 32.1. The van der Waals surface area contributed by atoms with Crippen molar-refractivity contribution < 1.29 is 18.7 Å². The van der Waals surface area contributed by atoms with Crippen molar-refractivity contribution in [1.82, 2.24) is 5.32 Å². The molecular weight excluding hydrogens is 427 g/mol. The van der Waals surface area contributed by atoms with Gasteiger partial charge in [-0.05, 0) is 78.8 Å². The highest BCUT2D eigenvalue weighted by Crippen LogP contribution is 2.26. The Morgan fingerprint density at radius 2 is 1.81 bits per heavy atom. The van der Waals surface area contributed by atoms with Gasteiger partial charge in [-0.2, -0.15) is 0 Å². The summed E-state index contributed by atoms with van der Waals surface area (Å²) in [6.07, 6.45) is 1.72. The van der Waals surface area contributed by atoms with Crippen LogP contribution >= 0.6 is 12.2 Å². The highest BCUT2D eigenvalue weighted by Gasteiger charge is 2.32. The molecule has 3 aromatic rings. The third-order valence-electron chi connectivity index (χ3n) is 5.06. The zero-order valence-electron chi connectivity index (χ0n) is 17.6. The lowest BCUT2D eigenvalue weighted by Crippen LogP contribution is -2.30. The molecule has 7 heteroatoms. The quantitative estimate of drug-likeness (QED) is 0.426. The van der Waals surface area contributed by atoms with Crippen LogP contribution in [0.1, 0.15) is 16.7 Å². The van der Waals surface area contributed by atoms with Gasteiger partial charge in [0.2, 0.25) is 0 Å². The minimum absolute atomic E-state index is 0.240. The van der Waals surface area contributed by atoms with Crippen molar-refractivity contribution in [1.29, 1.82) is 0 Å². The Hall–Kier alpha value is -3.71. The molecule has 4 rings (SSSR count). The smallest absolute Gasteiger partial charge is 0.281 e. The molecule has 3 aromatic carbocycles. The van der Waals surface area contributed by atoms with Gasteiger partial charge in [-0.1, -0.05) is 24.3 Å². The summed E-state index contributed by atoms with van der Waals surface area (Å²) in [5.41, 5.74) is 3.50. The van der Waals surface area contributed by atoms with Gasteiger partial charge in [0.15, 0.2) is 5.11 Å². The number of carbonyl (C=O) groups excluding carboxylic acids is 1. The normalized spacial score (nSPS) is 14.6. The monoisotopic (exact) mass is 448 g/mol. The van der Waals surface area contributed by atoms with E-state index < -0.39 is 0 Å². The Morgan fingerprint density at radius 3 is 2.53 bits per heavy atom. The molecule has 1 heterocycles. The van der Waals surface area contributed by atoms with Crippen molar-refractivity contribution in [2.24, 2.45) is 0 Å². The Bertz CT molecular complexity index is 1210. The van der Waals surface area contributed by atoms with E-state index in [4.69, 9.17) is 21.7 Å². The van der Waals surface area contributed by atoms with Crippen LogP contribution in [0.3, 0.4) is 0 Å². The van der Waals surface area contributed by atoms with Crippen molar-refractivity contribution in [2.75, 3.05) is 12.0 Å². The van der Waals surface area contributed by atoms with Crippen LogP contribution in [-0.2, 0) is 11.4 Å². The van der Waals surface area contributed by atoms with E-state index in [0.717, 1.165) is 22.4 Å². The lowest BCUT2D eigenvalue weighted by molar-refractivity contribution is -0.113. The molecule has 162 valence electrons. The van der Waals surface area contributed by atoms with Crippen LogP contribution in [-0.4, -0.2) is 18.1 Å². The average molecular weight is 449 g/mol. The van der Waals surface area contributed by atoms with E-state index in [0.29, 0.717) is 23.7 Å². The number of ether oxygens (including phenoxy) is 2. The SMILES string of the molecule is COc1ccc(/C=C2/NC(=S)N(c3ccc(F)cc3)C2=O)cc1COc1ccccc1C. The van der Waals surface area contributed by atoms with Crippen LogP contribution in [0, 0.1) is 12.7 Å². The number of nitrogens with one attached hydrogen (secondary N) is 1. The molecule has 0 saturated carbocycles. The summed E-state index contributed by atoms with van der Waals surface area (Å²) < 4.78 is 24.7. The zero-order chi connectivity index (χ0) is 22.7. The molecule has 32 heavy (non-hydrogen) atoms. The number of benzene rings is 3. The van der Waals surface area contributed by atoms with Crippen molar-refractivity contribution in [3.05, 3.63) is 94.9 Å². The first-order valence-corrected chi connectivity index (χ1v) is 10.3. The maximum atomic E-state index is 13.2. The lowest BCUT2D eigenvalue weighted by Gasteiger charge is -2.13. The second-order valence-electron chi connectivity index (χ2n) is 7.23. The number of halogens is 1. The van der Waals surface area contributed by atoms with E-state index in [1.165, 1.54) is 29.2 Å². The highest BCUT2D eigenvalue weighted by molar-refractivity contribution is 7.80. The van der Waals surface area contributed by atoms with E-state index in [1.54, 1.807) is 13.2 Å². The van der Waals surface area contributed by atoms with E-state index in [9.17, 15) is 9.18 Å². The fourth-order valence-corrected chi connectivity index (χ4v) is 3.70. The molecule has 1 aliphatic rings. The number of carbonyl (C=O) groups is 1. The summed E-state index contributed by atoms with van der Waals surface area (Å²) in [4.78, 5) is 14.3. The van der Waals surface area contributed by atoms with Gasteiger partial charge in [0.05, 0.1) is 12.8 Å². The Labute approximate surface area is 191 Å². The Balaban J connectivity index is 1.57. The molecule has 0 bridgehead atoms. The first-order valence-electron chi connectivity index (χ1n) is 9.94. The summed E-state index contributed by atoms with van der Waals surface area (Å²) in [5, 5.41) is 3.18. The molecule has 1 saturated heterocycles. The number of thiocarbonyl (C=S) groups is 1. The van der Waals surface area contributed by atoms with Gasteiger partial charge in [-0.3, -0.25) is 9.69 Å². The summed E-state index contributed by atoms with van der Waals surface area (Å²) in [6.45, 7) is 2.30. The van der Waals surface area contributed by atoms with E-state index >= 15 is 0 Å². The largest absolute Gasteiger partial charge is 0.496 e. The third kappa shape index (κ3) is 4.48. The number of rotatable bonds is 6. The van der Waals surface area contributed by atoms with Crippen LogP contribution < -0.4 is 19.7 Å². The molecular formula is C25H21FN2O3S. The number of hydrogen-bond acceptors (Lipinski definition) is 4. The van der Waals surface area contributed by atoms with Crippen LogP contribution in [0.4, 0.5) is 10.1 Å². The molecule has 0 radical (unpaired) electrons. The number of para-hydroxylation sites is 1. The van der Waals surface area contributed by atoms with Crippen molar-refractivity contribution in [3.8, 4) is 11.5 Å². The van der Waals surface area contributed by atoms with Gasteiger partial charge < -0.3 is 14.8 Å². The lowest BCUT2D eigenvalue weighted by atomic mass is 10.1. The van der Waals surface area contributed by atoms with E-state index in [-0.39, 0.29) is 16.8 Å². The number of anilines is 1. The predicted octanol–water partition coefficient (Wildman–Crippen LogP) is 4.98. The molecule has 0 spiro atoms. The summed E-state index contributed by atoms with van der Waals surface area (Å²) >= 11 is 5.32. The van der Waals surface area contributed by atoms with Crippen molar-refractivity contribution in [2.45, 2.75) is 13.5 Å². The van der Waals surface area contributed by atoms with Gasteiger partial charge >= 0.3 is 0 Å². The predicted molar refractivity (Wildman–Crippen MR) is 126 cm³/mol. The van der Waals surface area contributed by atoms with Crippen LogP contribution in [0.25, 0.3) is 6.08 Å². The van der Waals surface area contributed by atoms with Gasteiger partial charge in [-0.25, -0.2) is 4.39 Å². The molecule has 1 amide bonds. The molecule has 0 aromatic heterocycles. The second kappa shape index (κ2) is 9.20. The van der Waals surface area contributed by atoms with Crippen LogP contribution in [0.2, 0.25) is 0 Å². The van der Waals surface area contributed by atoms with Gasteiger partial charge in [0.25, 0.3) is 5.91 Å². The number of aryl methyl sites for hydroxylation is 1. The van der Waals surface area contributed by atoms with Gasteiger partial charge in [-0.15, -0.1) is 0 Å². The van der Waals surface area contributed by atoms with Gasteiger partial charge in [0, 0.05) is 5.56 Å². The fourth-order valence-electron chi connectivity index (χ4n) is 3.40. The first-order chi connectivity index (χ1) is 15.5. The van der Waals surface area contributed by atoms with Crippen molar-refractivity contribution >= 4 is 35.0 Å². The maximum Gasteiger partial charge on any atom is 0.281 e. The fraction of sp³-hybridized carbons (Fsp3) is 0.120. The molecule has 0 unspecified atom stereocenters. The number of methoxy groups -OCH3 is 1. The molecule has 5 nitrogen and oxygen atoms in total.